The average Bonchev–Trinajstić information content (AvgIpc) is 3.08. The van der Waals surface area contributed by atoms with E-state index in [1.165, 1.54) is 23.9 Å². The van der Waals surface area contributed by atoms with E-state index in [0.717, 1.165) is 5.70 Å². The number of amides is 1. The molecule has 1 atom stereocenters. The predicted octanol–water partition coefficient (Wildman–Crippen LogP) is 3.83. The third kappa shape index (κ3) is 4.22. The number of amidine groups is 1. The third-order valence-corrected chi connectivity index (χ3v) is 5.78. The highest BCUT2D eigenvalue weighted by molar-refractivity contribution is 8.16. The van der Waals surface area contributed by atoms with E-state index in [4.69, 9.17) is 4.74 Å². The molecule has 0 fully saturated rings. The Morgan fingerprint density at radius 2 is 2.10 bits per heavy atom. The standard InChI is InChI=1S/C21H24FN3O3S/c1-5-24(4)17(26)11-16-12-29-21-23-13(3)18(20(27)28-6-2)19(25(16)21)14-8-7-9-15(22)10-14/h7-10,12,19H,5-6,11H2,1-4H3. The van der Waals surface area contributed by atoms with Gasteiger partial charge in [-0.1, -0.05) is 23.9 Å². The largest absolute Gasteiger partial charge is 0.463 e. The molecule has 1 aromatic rings. The first kappa shape index (κ1) is 21.1. The molecule has 29 heavy (non-hydrogen) atoms. The number of allylic oxidation sites excluding steroid dienone is 1. The summed E-state index contributed by atoms with van der Waals surface area (Å²) in [5, 5.41) is 2.53. The fourth-order valence-corrected chi connectivity index (χ4v) is 4.26. The van der Waals surface area contributed by atoms with Gasteiger partial charge in [0.2, 0.25) is 5.91 Å². The van der Waals surface area contributed by atoms with E-state index in [9.17, 15) is 14.0 Å². The fourth-order valence-electron chi connectivity index (χ4n) is 3.30. The SMILES string of the molecule is CCOC(=O)C1=C(C)N=C2SC=C(CC(=O)N(C)CC)N2C1c1cccc(F)c1. The van der Waals surface area contributed by atoms with Gasteiger partial charge in [0, 0.05) is 19.3 Å². The van der Waals surface area contributed by atoms with Crippen molar-refractivity contribution in [3.63, 3.8) is 0 Å². The summed E-state index contributed by atoms with van der Waals surface area (Å²) in [5.41, 5.74) is 2.21. The van der Waals surface area contributed by atoms with Gasteiger partial charge in [0.25, 0.3) is 0 Å². The Morgan fingerprint density at radius 1 is 1.34 bits per heavy atom. The van der Waals surface area contributed by atoms with Crippen LogP contribution < -0.4 is 0 Å². The number of benzene rings is 1. The first-order valence-corrected chi connectivity index (χ1v) is 10.4. The molecule has 0 radical (unpaired) electrons. The molecule has 2 heterocycles. The third-order valence-electron chi connectivity index (χ3n) is 4.89. The van der Waals surface area contributed by atoms with Gasteiger partial charge in [-0.2, -0.15) is 0 Å². The average molecular weight is 418 g/mol. The van der Waals surface area contributed by atoms with Crippen LogP contribution in [0.3, 0.4) is 0 Å². The van der Waals surface area contributed by atoms with Crippen LogP contribution >= 0.6 is 11.8 Å². The molecule has 0 aromatic heterocycles. The van der Waals surface area contributed by atoms with Crippen molar-refractivity contribution < 1.29 is 18.7 Å². The van der Waals surface area contributed by atoms with Crippen molar-refractivity contribution in [1.82, 2.24) is 9.80 Å². The van der Waals surface area contributed by atoms with Crippen molar-refractivity contribution >= 4 is 28.8 Å². The number of rotatable bonds is 6. The number of fused-ring (bicyclic) bond motifs is 1. The maximum Gasteiger partial charge on any atom is 0.338 e. The van der Waals surface area contributed by atoms with Gasteiger partial charge in [0.1, 0.15) is 5.82 Å². The van der Waals surface area contributed by atoms with Gasteiger partial charge in [-0.3, -0.25) is 4.79 Å². The van der Waals surface area contributed by atoms with Crippen LogP contribution in [0, 0.1) is 5.82 Å². The number of nitrogens with zero attached hydrogens (tertiary/aromatic N) is 3. The Balaban J connectivity index is 2.06. The smallest absolute Gasteiger partial charge is 0.338 e. The number of halogens is 1. The predicted molar refractivity (Wildman–Crippen MR) is 111 cm³/mol. The zero-order valence-electron chi connectivity index (χ0n) is 16.9. The summed E-state index contributed by atoms with van der Waals surface area (Å²) < 4.78 is 19.3. The van der Waals surface area contributed by atoms with Gasteiger partial charge < -0.3 is 14.5 Å². The summed E-state index contributed by atoms with van der Waals surface area (Å²) in [6.45, 7) is 6.21. The zero-order chi connectivity index (χ0) is 21.1. The second-order valence-electron chi connectivity index (χ2n) is 6.75. The van der Waals surface area contributed by atoms with Gasteiger partial charge in [-0.15, -0.1) is 0 Å². The minimum Gasteiger partial charge on any atom is -0.463 e. The zero-order valence-corrected chi connectivity index (χ0v) is 17.8. The van der Waals surface area contributed by atoms with Crippen LogP contribution in [0.1, 0.15) is 38.8 Å². The molecular formula is C21H24FN3O3S. The summed E-state index contributed by atoms with van der Waals surface area (Å²) in [4.78, 5) is 33.4. The highest BCUT2D eigenvalue weighted by Crippen LogP contribution is 2.45. The quantitative estimate of drug-likeness (QED) is 0.659. The van der Waals surface area contributed by atoms with Crippen LogP contribution in [0.4, 0.5) is 4.39 Å². The van der Waals surface area contributed by atoms with E-state index in [0.29, 0.717) is 28.5 Å². The Bertz CT molecular complexity index is 926. The molecule has 8 heteroatoms. The lowest BCUT2D eigenvalue weighted by Gasteiger charge is -2.36. The topological polar surface area (TPSA) is 62.2 Å². The number of hydrogen-bond acceptors (Lipinski definition) is 6. The fraction of sp³-hybridized carbons (Fsp3) is 0.381. The molecule has 0 aliphatic carbocycles. The maximum absolute atomic E-state index is 14.0. The Morgan fingerprint density at radius 3 is 2.76 bits per heavy atom. The van der Waals surface area contributed by atoms with Crippen LogP contribution in [-0.2, 0) is 14.3 Å². The molecule has 2 aliphatic heterocycles. The summed E-state index contributed by atoms with van der Waals surface area (Å²) in [6.07, 6.45) is 0.164. The molecular weight excluding hydrogens is 393 g/mol. The summed E-state index contributed by atoms with van der Waals surface area (Å²) in [5.74, 6) is -0.926. The van der Waals surface area contributed by atoms with Gasteiger partial charge in [-0.05, 0) is 43.9 Å². The van der Waals surface area contributed by atoms with Gasteiger partial charge >= 0.3 is 5.97 Å². The number of esters is 1. The normalized spacial score (nSPS) is 18.2. The Kier molecular flexibility index (Phi) is 6.42. The molecule has 3 rings (SSSR count). The van der Waals surface area contributed by atoms with E-state index in [1.54, 1.807) is 37.9 Å². The molecule has 0 spiro atoms. The van der Waals surface area contributed by atoms with Crippen molar-refractivity contribution in [3.05, 3.63) is 58.0 Å². The lowest BCUT2D eigenvalue weighted by molar-refractivity contribution is -0.139. The molecule has 0 bridgehead atoms. The highest BCUT2D eigenvalue weighted by Gasteiger charge is 2.41. The van der Waals surface area contributed by atoms with E-state index < -0.39 is 17.8 Å². The van der Waals surface area contributed by atoms with Crippen LogP contribution in [0.5, 0.6) is 0 Å². The van der Waals surface area contributed by atoms with Crippen molar-refractivity contribution in [2.75, 3.05) is 20.2 Å². The summed E-state index contributed by atoms with van der Waals surface area (Å²) in [6, 6.07) is 5.52. The molecule has 0 saturated heterocycles. The highest BCUT2D eigenvalue weighted by atomic mass is 32.2. The number of carbonyl (C=O) groups excluding carboxylic acids is 2. The van der Waals surface area contributed by atoms with Gasteiger partial charge in [-0.25, -0.2) is 14.2 Å². The number of aliphatic imine (C=N–C) groups is 1. The van der Waals surface area contributed by atoms with E-state index in [1.807, 2.05) is 17.2 Å². The molecule has 1 unspecified atom stereocenters. The Labute approximate surface area is 174 Å². The van der Waals surface area contributed by atoms with Crippen molar-refractivity contribution in [2.45, 2.75) is 33.2 Å². The minimum absolute atomic E-state index is 0.0393. The number of ether oxygens (including phenoxy) is 1. The second kappa shape index (κ2) is 8.82. The van der Waals surface area contributed by atoms with Gasteiger partial charge in [0.05, 0.1) is 30.3 Å². The summed E-state index contributed by atoms with van der Waals surface area (Å²) >= 11 is 1.39. The van der Waals surface area contributed by atoms with E-state index in [-0.39, 0.29) is 18.9 Å². The lowest BCUT2D eigenvalue weighted by atomic mass is 9.93. The van der Waals surface area contributed by atoms with Gasteiger partial charge in [0.15, 0.2) is 5.17 Å². The van der Waals surface area contributed by atoms with Crippen molar-refractivity contribution in [2.24, 2.45) is 4.99 Å². The monoisotopic (exact) mass is 417 g/mol. The second-order valence-corrected chi connectivity index (χ2v) is 7.59. The number of thioether (sulfide) groups is 1. The molecule has 0 saturated carbocycles. The molecule has 1 aromatic carbocycles. The molecule has 1 amide bonds. The van der Waals surface area contributed by atoms with Crippen molar-refractivity contribution in [3.8, 4) is 0 Å². The van der Waals surface area contributed by atoms with E-state index >= 15 is 0 Å². The minimum atomic E-state index is -0.613. The van der Waals surface area contributed by atoms with Crippen LogP contribution in [0.15, 0.2) is 51.6 Å². The molecule has 0 N–H and O–H groups in total. The van der Waals surface area contributed by atoms with Crippen LogP contribution in [0.25, 0.3) is 0 Å². The van der Waals surface area contributed by atoms with Crippen LogP contribution in [-0.4, -0.2) is 47.0 Å². The lowest BCUT2D eigenvalue weighted by Crippen LogP contribution is -2.38. The Hall–Kier alpha value is -2.61. The van der Waals surface area contributed by atoms with E-state index in [2.05, 4.69) is 4.99 Å². The maximum atomic E-state index is 14.0. The molecule has 2 aliphatic rings. The first-order chi connectivity index (χ1) is 13.9. The number of hydrogen-bond donors (Lipinski definition) is 0. The van der Waals surface area contributed by atoms with Crippen LogP contribution in [0.2, 0.25) is 0 Å². The van der Waals surface area contributed by atoms with Crippen molar-refractivity contribution in [1.29, 1.82) is 0 Å². The molecule has 154 valence electrons. The number of carbonyl (C=O) groups is 2. The molecule has 6 nitrogen and oxygen atoms in total. The first-order valence-electron chi connectivity index (χ1n) is 9.48. The summed E-state index contributed by atoms with van der Waals surface area (Å²) in [7, 11) is 1.74.